The number of halogens is 2. The van der Waals surface area contributed by atoms with Crippen LogP contribution in [0.1, 0.15) is 90.9 Å². The van der Waals surface area contributed by atoms with Crippen molar-refractivity contribution in [3.8, 4) is 0 Å². The zero-order valence-electron chi connectivity index (χ0n) is 17.0. The van der Waals surface area contributed by atoms with Crippen LogP contribution in [-0.2, 0) is 4.79 Å². The topological polar surface area (TPSA) is 37.3 Å². The second-order valence-electron chi connectivity index (χ2n) is 10.7. The number of hydrogen-bond acceptors (Lipinski definition) is 1. The van der Waals surface area contributed by atoms with E-state index in [1.54, 1.807) is 0 Å². The van der Waals surface area contributed by atoms with Crippen molar-refractivity contribution in [3.63, 3.8) is 0 Å². The molecule has 7 atom stereocenters. The molecule has 0 saturated heterocycles. The fourth-order valence-electron chi connectivity index (χ4n) is 8.29. The Kier molecular flexibility index (Phi) is 4.87. The number of rotatable bonds is 4. The number of hydrogen-bond donors (Lipinski definition) is 1. The lowest BCUT2D eigenvalue weighted by molar-refractivity contribution is -0.240. The van der Waals surface area contributed by atoms with Crippen LogP contribution in [-0.4, -0.2) is 17.0 Å². The van der Waals surface area contributed by atoms with E-state index in [0.717, 1.165) is 25.7 Å². The third kappa shape index (κ3) is 2.87. The number of carboxylic acids is 1. The van der Waals surface area contributed by atoms with E-state index >= 15 is 8.78 Å². The lowest BCUT2D eigenvalue weighted by Gasteiger charge is -2.62. The van der Waals surface area contributed by atoms with E-state index in [0.29, 0.717) is 24.7 Å². The van der Waals surface area contributed by atoms with Crippen LogP contribution in [0.2, 0.25) is 0 Å². The zero-order chi connectivity index (χ0) is 19.4. The molecule has 27 heavy (non-hydrogen) atoms. The van der Waals surface area contributed by atoms with Gasteiger partial charge in [-0.2, -0.15) is 0 Å². The molecular formula is C23H36F2O2. The van der Waals surface area contributed by atoms with E-state index in [1.165, 1.54) is 25.7 Å². The Hall–Kier alpha value is -0.670. The van der Waals surface area contributed by atoms with Crippen LogP contribution in [0.3, 0.4) is 0 Å². The number of alkyl halides is 2. The maximum atomic E-state index is 15.8. The average Bonchev–Trinajstić information content (AvgIpc) is 2.94. The van der Waals surface area contributed by atoms with Crippen molar-refractivity contribution in [3.05, 3.63) is 0 Å². The van der Waals surface area contributed by atoms with Gasteiger partial charge in [0.1, 0.15) is 0 Å². The van der Waals surface area contributed by atoms with Crippen LogP contribution < -0.4 is 0 Å². The van der Waals surface area contributed by atoms with Gasteiger partial charge in [0.15, 0.2) is 0 Å². The van der Waals surface area contributed by atoms with Gasteiger partial charge < -0.3 is 5.11 Å². The van der Waals surface area contributed by atoms with Gasteiger partial charge in [0.25, 0.3) is 5.92 Å². The highest BCUT2D eigenvalue weighted by atomic mass is 19.3. The molecular weight excluding hydrogens is 346 g/mol. The van der Waals surface area contributed by atoms with Crippen LogP contribution in [0, 0.1) is 40.4 Å². The van der Waals surface area contributed by atoms with Crippen LogP contribution >= 0.6 is 0 Å². The molecule has 0 bridgehead atoms. The molecule has 4 fully saturated rings. The van der Waals surface area contributed by atoms with E-state index in [1.807, 2.05) is 6.92 Å². The Labute approximate surface area is 162 Å². The van der Waals surface area contributed by atoms with Gasteiger partial charge in [-0.25, -0.2) is 8.78 Å². The minimum absolute atomic E-state index is 0.0188. The van der Waals surface area contributed by atoms with Crippen LogP contribution in [0.25, 0.3) is 0 Å². The van der Waals surface area contributed by atoms with Crippen LogP contribution in [0.4, 0.5) is 8.78 Å². The van der Waals surface area contributed by atoms with Crippen molar-refractivity contribution in [1.29, 1.82) is 0 Å². The summed E-state index contributed by atoms with van der Waals surface area (Å²) in [4.78, 5) is 10.9. The molecule has 2 nitrogen and oxygen atoms in total. The number of aliphatic carboxylic acids is 1. The largest absolute Gasteiger partial charge is 0.481 e. The lowest BCUT2D eigenvalue weighted by Crippen LogP contribution is -2.60. The highest BCUT2D eigenvalue weighted by molar-refractivity contribution is 5.66. The van der Waals surface area contributed by atoms with E-state index in [9.17, 15) is 4.79 Å². The minimum atomic E-state index is -2.62. The highest BCUT2D eigenvalue weighted by Crippen LogP contribution is 2.71. The molecule has 0 amide bonds. The molecule has 1 N–H and O–H groups in total. The summed E-state index contributed by atoms with van der Waals surface area (Å²) in [6, 6.07) is 0. The fourth-order valence-corrected chi connectivity index (χ4v) is 8.29. The molecule has 0 aromatic heterocycles. The molecule has 0 radical (unpaired) electrons. The summed E-state index contributed by atoms with van der Waals surface area (Å²) in [7, 11) is 0. The third-order valence-corrected chi connectivity index (χ3v) is 9.83. The smallest absolute Gasteiger partial charge is 0.303 e. The molecule has 0 aliphatic heterocycles. The Balaban J connectivity index is 1.59. The normalized spacial score (nSPS) is 48.4. The van der Waals surface area contributed by atoms with Crippen molar-refractivity contribution >= 4 is 5.97 Å². The maximum absolute atomic E-state index is 15.8. The zero-order valence-corrected chi connectivity index (χ0v) is 17.0. The highest BCUT2D eigenvalue weighted by Gasteiger charge is 2.69. The Morgan fingerprint density at radius 2 is 1.81 bits per heavy atom. The molecule has 0 spiro atoms. The van der Waals surface area contributed by atoms with Crippen molar-refractivity contribution in [2.24, 2.45) is 40.4 Å². The van der Waals surface area contributed by atoms with Gasteiger partial charge in [-0.1, -0.05) is 26.7 Å². The molecule has 0 aromatic carbocycles. The Morgan fingerprint density at radius 1 is 1.04 bits per heavy atom. The fraction of sp³-hybridized carbons (Fsp3) is 0.957. The molecule has 4 saturated carbocycles. The van der Waals surface area contributed by atoms with Gasteiger partial charge in [-0.05, 0) is 86.4 Å². The van der Waals surface area contributed by atoms with Crippen LogP contribution in [0.5, 0.6) is 0 Å². The second kappa shape index (κ2) is 6.69. The van der Waals surface area contributed by atoms with E-state index < -0.39 is 17.3 Å². The van der Waals surface area contributed by atoms with E-state index in [2.05, 4.69) is 6.92 Å². The first-order valence-corrected chi connectivity index (χ1v) is 11.3. The molecule has 6 unspecified atom stereocenters. The third-order valence-electron chi connectivity index (χ3n) is 9.83. The summed E-state index contributed by atoms with van der Waals surface area (Å²) < 4.78 is 31.5. The number of carbonyl (C=O) groups is 1. The summed E-state index contributed by atoms with van der Waals surface area (Å²) in [6.07, 6.45) is 10.4. The average molecular weight is 383 g/mol. The second-order valence-corrected chi connectivity index (χ2v) is 10.7. The standard InChI is InChI=1S/C23H36F2O2/c1-21-13-4-3-6-15(21)9-11-17-18-12-10-16(7-5-8-20(26)27)22(18,2)23(24,25)14-19(17)21/h15-19H,3-14H2,1-2H3,(H,26,27)/t15?,16?,17-,18?,19?,21?,22?/m0/s1. The first-order valence-electron chi connectivity index (χ1n) is 11.3. The molecule has 154 valence electrons. The van der Waals surface area contributed by atoms with E-state index in [-0.39, 0.29) is 36.0 Å². The molecule has 4 aliphatic rings. The SMILES string of the molecule is CC12CCCCC1CC[C@@H]1C2CC(F)(F)C2(C)C(CCCC(=O)O)CCC12. The van der Waals surface area contributed by atoms with Gasteiger partial charge >= 0.3 is 5.97 Å². The van der Waals surface area contributed by atoms with E-state index in [4.69, 9.17) is 5.11 Å². The molecule has 0 aromatic rings. The van der Waals surface area contributed by atoms with Crippen molar-refractivity contribution < 1.29 is 18.7 Å². The summed E-state index contributed by atoms with van der Waals surface area (Å²) in [5, 5.41) is 8.93. The molecule has 4 heteroatoms. The Bertz CT molecular complexity index is 591. The van der Waals surface area contributed by atoms with Gasteiger partial charge in [0, 0.05) is 18.3 Å². The van der Waals surface area contributed by atoms with Crippen molar-refractivity contribution in [1.82, 2.24) is 0 Å². The van der Waals surface area contributed by atoms with Crippen molar-refractivity contribution in [2.45, 2.75) is 96.8 Å². The monoisotopic (exact) mass is 382 g/mol. The summed E-state index contributed by atoms with van der Waals surface area (Å²) in [5.74, 6) is -2.03. The van der Waals surface area contributed by atoms with Crippen molar-refractivity contribution in [2.75, 3.05) is 0 Å². The van der Waals surface area contributed by atoms with Crippen LogP contribution in [0.15, 0.2) is 0 Å². The maximum Gasteiger partial charge on any atom is 0.303 e. The number of fused-ring (bicyclic) bond motifs is 5. The quantitative estimate of drug-likeness (QED) is 0.600. The summed E-state index contributed by atoms with van der Waals surface area (Å²) in [5.41, 5.74) is -0.808. The molecule has 4 rings (SSSR count). The molecule has 4 aliphatic carbocycles. The first-order chi connectivity index (χ1) is 12.7. The first kappa shape index (κ1) is 19.6. The predicted molar refractivity (Wildman–Crippen MR) is 102 cm³/mol. The van der Waals surface area contributed by atoms with Gasteiger partial charge in [0.05, 0.1) is 0 Å². The summed E-state index contributed by atoms with van der Waals surface area (Å²) in [6.45, 7) is 4.20. The Morgan fingerprint density at radius 3 is 2.56 bits per heavy atom. The molecule has 0 heterocycles. The van der Waals surface area contributed by atoms with Gasteiger partial charge in [-0.15, -0.1) is 0 Å². The van der Waals surface area contributed by atoms with Gasteiger partial charge in [0.2, 0.25) is 0 Å². The predicted octanol–water partition coefficient (Wildman–Crippen LogP) is 6.54. The summed E-state index contributed by atoms with van der Waals surface area (Å²) >= 11 is 0. The number of carboxylic acid groups (broad SMARTS) is 1. The van der Waals surface area contributed by atoms with Gasteiger partial charge in [-0.3, -0.25) is 4.79 Å². The lowest BCUT2D eigenvalue weighted by atomic mass is 9.44. The minimum Gasteiger partial charge on any atom is -0.481 e.